The molecule has 28 heavy (non-hydrogen) atoms. The molecule has 0 aromatic rings. The number of hydrogen-bond acceptors (Lipinski definition) is 3. The summed E-state index contributed by atoms with van der Waals surface area (Å²) in [6.45, 7) is 15.1. The van der Waals surface area contributed by atoms with Gasteiger partial charge in [0.1, 0.15) is 6.07 Å². The molecular formula is C25H39NO2. The van der Waals surface area contributed by atoms with Crippen LogP contribution < -0.4 is 0 Å². The minimum atomic E-state index is -1.02. The lowest BCUT2D eigenvalue weighted by Gasteiger charge is -2.34. The lowest BCUT2D eigenvalue weighted by Crippen LogP contribution is -2.39. The Balaban J connectivity index is 3.44. The van der Waals surface area contributed by atoms with Crippen LogP contribution in [0.3, 0.4) is 0 Å². The first-order chi connectivity index (χ1) is 13.2. The van der Waals surface area contributed by atoms with Crippen LogP contribution in [0.25, 0.3) is 0 Å². The van der Waals surface area contributed by atoms with Gasteiger partial charge >= 0.3 is 0 Å². The Morgan fingerprint density at radius 2 is 1.61 bits per heavy atom. The van der Waals surface area contributed by atoms with Crippen molar-refractivity contribution in [2.45, 2.75) is 92.5 Å². The maximum absolute atomic E-state index is 10.3. The van der Waals surface area contributed by atoms with E-state index in [0.29, 0.717) is 13.0 Å². The van der Waals surface area contributed by atoms with Gasteiger partial charge in [-0.1, -0.05) is 54.9 Å². The van der Waals surface area contributed by atoms with Gasteiger partial charge in [-0.3, -0.25) is 0 Å². The fraction of sp³-hybridized carbons (Fsp3) is 0.640. The van der Waals surface area contributed by atoms with E-state index >= 15 is 0 Å². The average molecular weight is 386 g/mol. The average Bonchev–Trinajstić information content (AvgIpc) is 2.60. The first-order valence-electron chi connectivity index (χ1n) is 10.6. The van der Waals surface area contributed by atoms with Crippen molar-refractivity contribution < 1.29 is 9.47 Å². The SMILES string of the molecule is CCOC(C)OC1(C#N)CC(C)=CCCC(C)=CCCC(C)=CC=C1C(C)C. The highest BCUT2D eigenvalue weighted by Crippen LogP contribution is 2.35. The summed E-state index contributed by atoms with van der Waals surface area (Å²) in [5.41, 5.74) is 3.92. The molecule has 2 unspecified atom stereocenters. The van der Waals surface area contributed by atoms with E-state index < -0.39 is 11.9 Å². The van der Waals surface area contributed by atoms with Gasteiger partial charge < -0.3 is 9.47 Å². The standard InChI is InChI=1S/C25H39NO2/c1-8-27-23(7)28-25(18-26)17-22(6)14-10-12-20(4)11-9-13-21(5)15-16-24(25)19(2)3/h11,14-16,19,23H,8-10,12-13,17H2,1-7H3. The van der Waals surface area contributed by atoms with Crippen LogP contribution in [0.2, 0.25) is 0 Å². The molecule has 0 heterocycles. The van der Waals surface area contributed by atoms with Crippen molar-refractivity contribution in [1.29, 1.82) is 5.26 Å². The van der Waals surface area contributed by atoms with Crippen molar-refractivity contribution >= 4 is 0 Å². The van der Waals surface area contributed by atoms with Crippen molar-refractivity contribution in [1.82, 2.24) is 0 Å². The molecule has 0 fully saturated rings. The summed E-state index contributed by atoms with van der Waals surface area (Å²) < 4.78 is 11.9. The van der Waals surface area contributed by atoms with Gasteiger partial charge in [-0.2, -0.15) is 5.26 Å². The summed E-state index contributed by atoms with van der Waals surface area (Å²) in [5.74, 6) is 0.195. The third kappa shape index (κ3) is 7.78. The third-order valence-electron chi connectivity index (χ3n) is 5.18. The summed E-state index contributed by atoms with van der Waals surface area (Å²) in [7, 11) is 0. The largest absolute Gasteiger partial charge is 0.353 e. The van der Waals surface area contributed by atoms with Gasteiger partial charge in [-0.05, 0) is 71.8 Å². The quantitative estimate of drug-likeness (QED) is 0.377. The fourth-order valence-electron chi connectivity index (χ4n) is 3.66. The summed E-state index contributed by atoms with van der Waals surface area (Å²) in [5, 5.41) is 10.3. The van der Waals surface area contributed by atoms with Crippen LogP contribution in [0.5, 0.6) is 0 Å². The Morgan fingerprint density at radius 3 is 2.18 bits per heavy atom. The zero-order valence-corrected chi connectivity index (χ0v) is 19.0. The first kappa shape index (κ1) is 24.4. The number of rotatable bonds is 5. The smallest absolute Gasteiger partial charge is 0.182 e. The zero-order chi connectivity index (χ0) is 21.2. The van der Waals surface area contributed by atoms with Gasteiger partial charge in [0.15, 0.2) is 11.9 Å². The topological polar surface area (TPSA) is 42.2 Å². The van der Waals surface area contributed by atoms with Crippen LogP contribution in [0, 0.1) is 17.2 Å². The van der Waals surface area contributed by atoms with Crippen molar-refractivity contribution in [3.63, 3.8) is 0 Å². The Bertz CT molecular complexity index is 661. The summed E-state index contributed by atoms with van der Waals surface area (Å²) in [6.07, 6.45) is 13.1. The lowest BCUT2D eigenvalue weighted by atomic mass is 9.81. The molecule has 1 aliphatic carbocycles. The summed E-state index contributed by atoms with van der Waals surface area (Å²) >= 11 is 0. The molecule has 0 aromatic carbocycles. The molecule has 0 amide bonds. The molecule has 0 saturated heterocycles. The van der Waals surface area contributed by atoms with Gasteiger partial charge in [0.25, 0.3) is 0 Å². The predicted octanol–water partition coefficient (Wildman–Crippen LogP) is 7.03. The van der Waals surface area contributed by atoms with E-state index in [2.05, 4.69) is 65.0 Å². The van der Waals surface area contributed by atoms with Crippen LogP contribution in [0.15, 0.2) is 46.6 Å². The Labute approximate surface area is 172 Å². The second-order valence-corrected chi connectivity index (χ2v) is 8.22. The minimum Gasteiger partial charge on any atom is -0.353 e. The van der Waals surface area contributed by atoms with Crippen molar-refractivity contribution in [2.75, 3.05) is 6.61 Å². The van der Waals surface area contributed by atoms with Gasteiger partial charge in [-0.15, -0.1) is 0 Å². The van der Waals surface area contributed by atoms with Crippen molar-refractivity contribution in [2.24, 2.45) is 5.92 Å². The molecule has 1 rings (SSSR count). The number of nitrogens with zero attached hydrogens (tertiary/aromatic N) is 1. The second-order valence-electron chi connectivity index (χ2n) is 8.22. The van der Waals surface area contributed by atoms with E-state index in [4.69, 9.17) is 9.47 Å². The minimum absolute atomic E-state index is 0.195. The number of ether oxygens (including phenoxy) is 2. The molecule has 0 bridgehead atoms. The maximum atomic E-state index is 10.3. The Hall–Kier alpha value is -1.63. The number of allylic oxidation sites excluding steroid dienone is 6. The van der Waals surface area contributed by atoms with Gasteiger partial charge in [-0.25, -0.2) is 0 Å². The molecule has 0 aliphatic heterocycles. The molecule has 0 saturated carbocycles. The summed E-state index contributed by atoms with van der Waals surface area (Å²) in [4.78, 5) is 0. The van der Waals surface area contributed by atoms with Gasteiger partial charge in [0, 0.05) is 13.0 Å². The van der Waals surface area contributed by atoms with E-state index in [1.807, 2.05) is 13.8 Å². The number of nitriles is 1. The van der Waals surface area contributed by atoms with E-state index in [9.17, 15) is 5.26 Å². The molecular weight excluding hydrogens is 346 g/mol. The van der Waals surface area contributed by atoms with Crippen LogP contribution in [0.4, 0.5) is 0 Å². The molecule has 1 aliphatic rings. The monoisotopic (exact) mass is 385 g/mol. The van der Waals surface area contributed by atoms with Crippen molar-refractivity contribution in [3.8, 4) is 6.07 Å². The van der Waals surface area contributed by atoms with Crippen molar-refractivity contribution in [3.05, 3.63) is 46.6 Å². The molecule has 0 radical (unpaired) electrons. The van der Waals surface area contributed by atoms with E-state index in [1.165, 1.54) is 16.7 Å². The predicted molar refractivity (Wildman–Crippen MR) is 118 cm³/mol. The van der Waals surface area contributed by atoms with Gasteiger partial charge in [0.2, 0.25) is 0 Å². The zero-order valence-electron chi connectivity index (χ0n) is 19.0. The highest BCUT2D eigenvalue weighted by molar-refractivity contribution is 5.35. The summed E-state index contributed by atoms with van der Waals surface area (Å²) in [6, 6.07) is 2.52. The normalized spacial score (nSPS) is 23.7. The molecule has 0 spiro atoms. The highest BCUT2D eigenvalue weighted by atomic mass is 16.7. The number of hydrogen-bond donors (Lipinski definition) is 0. The van der Waals surface area contributed by atoms with Crippen LogP contribution >= 0.6 is 0 Å². The van der Waals surface area contributed by atoms with E-state index in [-0.39, 0.29) is 5.92 Å². The molecule has 3 heteroatoms. The Kier molecular flexibility index (Phi) is 10.5. The lowest BCUT2D eigenvalue weighted by molar-refractivity contribution is -0.171. The van der Waals surface area contributed by atoms with Crippen LogP contribution in [-0.4, -0.2) is 18.5 Å². The van der Waals surface area contributed by atoms with E-state index in [1.54, 1.807) is 0 Å². The first-order valence-corrected chi connectivity index (χ1v) is 10.6. The highest BCUT2D eigenvalue weighted by Gasteiger charge is 2.39. The Morgan fingerprint density at radius 1 is 1.00 bits per heavy atom. The van der Waals surface area contributed by atoms with E-state index in [0.717, 1.165) is 31.3 Å². The molecule has 0 N–H and O–H groups in total. The van der Waals surface area contributed by atoms with Gasteiger partial charge in [0.05, 0.1) is 0 Å². The molecule has 3 nitrogen and oxygen atoms in total. The maximum Gasteiger partial charge on any atom is 0.182 e. The molecule has 156 valence electrons. The molecule has 0 aromatic heterocycles. The molecule has 2 atom stereocenters. The van der Waals surface area contributed by atoms with Crippen LogP contribution in [0.1, 0.15) is 80.6 Å². The second kappa shape index (κ2) is 12.0. The third-order valence-corrected chi connectivity index (χ3v) is 5.18. The fourth-order valence-corrected chi connectivity index (χ4v) is 3.66. The van der Waals surface area contributed by atoms with Crippen LogP contribution in [-0.2, 0) is 9.47 Å².